The van der Waals surface area contributed by atoms with Crippen LogP contribution in [0.25, 0.3) is 0 Å². The van der Waals surface area contributed by atoms with Crippen LogP contribution in [0.3, 0.4) is 0 Å². The highest BCUT2D eigenvalue weighted by atomic mass is 19.1. The van der Waals surface area contributed by atoms with Gasteiger partial charge in [0.2, 0.25) is 5.91 Å². The van der Waals surface area contributed by atoms with Crippen LogP contribution >= 0.6 is 0 Å². The van der Waals surface area contributed by atoms with E-state index in [9.17, 15) is 9.18 Å². The molecule has 2 atom stereocenters. The van der Waals surface area contributed by atoms with Crippen molar-refractivity contribution in [3.63, 3.8) is 0 Å². The van der Waals surface area contributed by atoms with E-state index in [-0.39, 0.29) is 30.5 Å². The maximum absolute atomic E-state index is 13.6. The Labute approximate surface area is 125 Å². The minimum atomic E-state index is -0.231. The number of ether oxygens (including phenoxy) is 1. The van der Waals surface area contributed by atoms with Gasteiger partial charge in [0.1, 0.15) is 5.82 Å². The number of carbonyl (C=O) groups excluding carboxylic acids is 1. The molecule has 1 aromatic carbocycles. The van der Waals surface area contributed by atoms with E-state index in [4.69, 9.17) is 4.74 Å². The highest BCUT2D eigenvalue weighted by Gasteiger charge is 2.26. The largest absolute Gasteiger partial charge is 0.372 e. The van der Waals surface area contributed by atoms with Crippen molar-refractivity contribution in [1.82, 2.24) is 9.80 Å². The van der Waals surface area contributed by atoms with Crippen LogP contribution in [0.15, 0.2) is 24.3 Å². The Morgan fingerprint density at radius 2 is 1.95 bits per heavy atom. The lowest BCUT2D eigenvalue weighted by atomic mass is 10.2. The summed E-state index contributed by atoms with van der Waals surface area (Å²) < 4.78 is 19.2. The van der Waals surface area contributed by atoms with Crippen molar-refractivity contribution in [2.75, 3.05) is 26.7 Å². The van der Waals surface area contributed by atoms with Gasteiger partial charge >= 0.3 is 0 Å². The first-order chi connectivity index (χ1) is 9.95. The first kappa shape index (κ1) is 15.9. The van der Waals surface area contributed by atoms with E-state index >= 15 is 0 Å². The molecule has 1 fully saturated rings. The minimum Gasteiger partial charge on any atom is -0.372 e. The second-order valence-corrected chi connectivity index (χ2v) is 5.82. The van der Waals surface area contributed by atoms with Crippen LogP contribution in [0.5, 0.6) is 0 Å². The molecule has 4 nitrogen and oxygen atoms in total. The predicted molar refractivity (Wildman–Crippen MR) is 79.3 cm³/mol. The lowest BCUT2D eigenvalue weighted by molar-refractivity contribution is -0.144. The van der Waals surface area contributed by atoms with Crippen LogP contribution in [0.2, 0.25) is 0 Å². The molecule has 0 N–H and O–H groups in total. The molecule has 2 rings (SSSR count). The standard InChI is InChI=1S/C16H23FN2O2/c1-12-8-19(9-13(2)21-12)16(20)11-18(3)10-14-6-4-5-7-15(14)17/h4-7,12-13H,8-11H2,1-3H3. The van der Waals surface area contributed by atoms with Gasteiger partial charge < -0.3 is 9.64 Å². The Morgan fingerprint density at radius 1 is 1.33 bits per heavy atom. The van der Waals surface area contributed by atoms with Crippen LogP contribution in [-0.4, -0.2) is 54.6 Å². The van der Waals surface area contributed by atoms with Crippen molar-refractivity contribution >= 4 is 5.91 Å². The van der Waals surface area contributed by atoms with Crippen molar-refractivity contribution in [3.8, 4) is 0 Å². The van der Waals surface area contributed by atoms with Gasteiger partial charge in [-0.1, -0.05) is 18.2 Å². The molecule has 2 unspecified atom stereocenters. The molecule has 21 heavy (non-hydrogen) atoms. The van der Waals surface area contributed by atoms with E-state index in [1.807, 2.05) is 30.7 Å². The number of amides is 1. The smallest absolute Gasteiger partial charge is 0.236 e. The van der Waals surface area contributed by atoms with Crippen molar-refractivity contribution in [2.24, 2.45) is 0 Å². The lowest BCUT2D eigenvalue weighted by Gasteiger charge is -2.36. The third-order valence-electron chi connectivity index (χ3n) is 3.58. The molecule has 116 valence electrons. The monoisotopic (exact) mass is 294 g/mol. The molecule has 1 aromatic rings. The van der Waals surface area contributed by atoms with Crippen LogP contribution in [0.1, 0.15) is 19.4 Å². The number of nitrogens with zero attached hydrogens (tertiary/aromatic N) is 2. The molecule has 0 aliphatic carbocycles. The lowest BCUT2D eigenvalue weighted by Crippen LogP contribution is -2.50. The average molecular weight is 294 g/mol. The zero-order valence-electron chi connectivity index (χ0n) is 12.9. The van der Waals surface area contributed by atoms with Crippen molar-refractivity contribution in [2.45, 2.75) is 32.6 Å². The number of hydrogen-bond donors (Lipinski definition) is 0. The SMILES string of the molecule is CC1CN(C(=O)CN(C)Cc2ccccc2F)CC(C)O1. The van der Waals surface area contributed by atoms with Crippen LogP contribution in [0.4, 0.5) is 4.39 Å². The Bertz CT molecular complexity index is 485. The zero-order valence-corrected chi connectivity index (χ0v) is 12.9. The van der Waals surface area contributed by atoms with Crippen molar-refractivity contribution in [1.29, 1.82) is 0 Å². The van der Waals surface area contributed by atoms with Gasteiger partial charge in [0.15, 0.2) is 0 Å². The first-order valence-corrected chi connectivity index (χ1v) is 7.31. The molecule has 5 heteroatoms. The van der Waals surface area contributed by atoms with Crippen LogP contribution < -0.4 is 0 Å². The number of rotatable bonds is 4. The number of halogens is 1. The van der Waals surface area contributed by atoms with Gasteiger partial charge in [0.05, 0.1) is 18.8 Å². The summed E-state index contributed by atoms with van der Waals surface area (Å²) in [6.45, 7) is 5.90. The summed E-state index contributed by atoms with van der Waals surface area (Å²) in [5.41, 5.74) is 0.608. The van der Waals surface area contributed by atoms with E-state index in [2.05, 4.69) is 0 Å². The highest BCUT2D eigenvalue weighted by Crippen LogP contribution is 2.12. The highest BCUT2D eigenvalue weighted by molar-refractivity contribution is 5.78. The summed E-state index contributed by atoms with van der Waals surface area (Å²) in [5.74, 6) is -0.166. The summed E-state index contributed by atoms with van der Waals surface area (Å²) in [5, 5.41) is 0. The van der Waals surface area contributed by atoms with E-state index in [1.54, 1.807) is 18.2 Å². The van der Waals surface area contributed by atoms with E-state index in [1.165, 1.54) is 6.07 Å². The third-order valence-corrected chi connectivity index (χ3v) is 3.58. The van der Waals surface area contributed by atoms with Gasteiger partial charge in [-0.25, -0.2) is 4.39 Å². The topological polar surface area (TPSA) is 32.8 Å². The summed E-state index contributed by atoms with van der Waals surface area (Å²) >= 11 is 0. The molecule has 0 saturated carbocycles. The Balaban J connectivity index is 1.89. The molecular weight excluding hydrogens is 271 g/mol. The third kappa shape index (κ3) is 4.51. The number of likely N-dealkylation sites (N-methyl/N-ethyl adjacent to an activating group) is 1. The van der Waals surface area contributed by atoms with E-state index in [0.29, 0.717) is 25.2 Å². The number of hydrogen-bond acceptors (Lipinski definition) is 3. The molecule has 0 aromatic heterocycles. The number of carbonyl (C=O) groups is 1. The summed E-state index contributed by atoms with van der Waals surface area (Å²) in [7, 11) is 1.83. The Morgan fingerprint density at radius 3 is 2.57 bits per heavy atom. The van der Waals surface area contributed by atoms with Crippen LogP contribution in [0, 0.1) is 5.82 Å². The summed E-state index contributed by atoms with van der Waals surface area (Å²) in [6.07, 6.45) is 0.129. The van der Waals surface area contributed by atoms with Gasteiger partial charge in [0, 0.05) is 25.2 Å². The molecule has 1 heterocycles. The molecular formula is C16H23FN2O2. The number of morpholine rings is 1. The van der Waals surface area contributed by atoms with E-state index in [0.717, 1.165) is 0 Å². The second-order valence-electron chi connectivity index (χ2n) is 5.82. The van der Waals surface area contributed by atoms with Crippen molar-refractivity contribution in [3.05, 3.63) is 35.6 Å². The molecule has 0 radical (unpaired) electrons. The normalized spacial score (nSPS) is 22.6. The summed E-state index contributed by atoms with van der Waals surface area (Å²) in [4.78, 5) is 16.0. The second kappa shape index (κ2) is 7.00. The quantitative estimate of drug-likeness (QED) is 0.850. The summed E-state index contributed by atoms with van der Waals surface area (Å²) in [6, 6.07) is 6.66. The fraction of sp³-hybridized carbons (Fsp3) is 0.562. The van der Waals surface area contributed by atoms with E-state index < -0.39 is 0 Å². The fourth-order valence-electron chi connectivity index (χ4n) is 2.69. The molecule has 0 bridgehead atoms. The van der Waals surface area contributed by atoms with Crippen molar-refractivity contribution < 1.29 is 13.9 Å². The van der Waals surface area contributed by atoms with Gasteiger partial charge in [-0.3, -0.25) is 9.69 Å². The molecule has 1 saturated heterocycles. The van der Waals surface area contributed by atoms with Gasteiger partial charge in [0.25, 0.3) is 0 Å². The minimum absolute atomic E-state index is 0.0644. The molecule has 0 spiro atoms. The maximum Gasteiger partial charge on any atom is 0.236 e. The predicted octanol–water partition coefficient (Wildman–Crippen LogP) is 1.89. The Kier molecular flexibility index (Phi) is 5.31. The Hall–Kier alpha value is -1.46. The zero-order chi connectivity index (χ0) is 15.4. The molecule has 1 aliphatic rings. The first-order valence-electron chi connectivity index (χ1n) is 7.31. The maximum atomic E-state index is 13.6. The van der Waals surface area contributed by atoms with Gasteiger partial charge in [-0.05, 0) is 27.0 Å². The van der Waals surface area contributed by atoms with Crippen LogP contribution in [-0.2, 0) is 16.1 Å². The fourth-order valence-corrected chi connectivity index (χ4v) is 2.69. The molecule has 1 amide bonds. The number of benzene rings is 1. The van der Waals surface area contributed by atoms with Gasteiger partial charge in [-0.2, -0.15) is 0 Å². The average Bonchev–Trinajstić information content (AvgIpc) is 2.40. The molecule has 1 aliphatic heterocycles. The van der Waals surface area contributed by atoms with Gasteiger partial charge in [-0.15, -0.1) is 0 Å².